The molecule has 0 aromatic heterocycles. The molecule has 1 saturated heterocycles. The number of rotatable bonds is 11. The molecule has 0 spiro atoms. The Morgan fingerprint density at radius 2 is 1.64 bits per heavy atom. The fourth-order valence-corrected chi connectivity index (χ4v) is 2.97. The number of amides is 1. The molecule has 0 aliphatic carbocycles. The second-order valence-electron chi connectivity index (χ2n) is 7.19. The third-order valence-electron chi connectivity index (χ3n) is 4.35. The quantitative estimate of drug-likeness (QED) is 0.595. The molecular weight excluding hydrogens is 276 g/mol. The summed E-state index contributed by atoms with van der Waals surface area (Å²) in [5.74, 6) is 0.148. The topological polar surface area (TPSA) is 41.6 Å². The van der Waals surface area contributed by atoms with Crippen molar-refractivity contribution in [3.63, 3.8) is 0 Å². The molecule has 130 valence electrons. The van der Waals surface area contributed by atoms with Gasteiger partial charge in [-0.2, -0.15) is 0 Å². The highest BCUT2D eigenvalue weighted by atomic mass is 16.5. The molecule has 22 heavy (non-hydrogen) atoms. The summed E-state index contributed by atoms with van der Waals surface area (Å²) in [5, 5.41) is 3.19. The Hall–Kier alpha value is -0.610. The van der Waals surface area contributed by atoms with Crippen LogP contribution in [0.25, 0.3) is 0 Å². The van der Waals surface area contributed by atoms with E-state index >= 15 is 0 Å². The van der Waals surface area contributed by atoms with Crippen LogP contribution in [0.15, 0.2) is 0 Å². The summed E-state index contributed by atoms with van der Waals surface area (Å²) < 4.78 is 5.31. The maximum Gasteiger partial charge on any atom is 0.234 e. The molecule has 0 aromatic rings. The van der Waals surface area contributed by atoms with Crippen LogP contribution in [0.3, 0.4) is 0 Å². The Bertz CT molecular complexity index is 299. The Kier molecular flexibility index (Phi) is 9.73. The monoisotopic (exact) mass is 312 g/mol. The third kappa shape index (κ3) is 9.42. The predicted octanol–water partition coefficient (Wildman–Crippen LogP) is 3.35. The maximum atomic E-state index is 12.1. The van der Waals surface area contributed by atoms with Crippen molar-refractivity contribution in [1.29, 1.82) is 0 Å². The van der Waals surface area contributed by atoms with Gasteiger partial charge in [0.15, 0.2) is 0 Å². The van der Waals surface area contributed by atoms with Gasteiger partial charge in [0.2, 0.25) is 5.91 Å². The summed E-state index contributed by atoms with van der Waals surface area (Å²) in [5.41, 5.74) is -0.0905. The van der Waals surface area contributed by atoms with Crippen LogP contribution in [0, 0.1) is 0 Å². The van der Waals surface area contributed by atoms with Crippen LogP contribution in [0.1, 0.15) is 72.1 Å². The lowest BCUT2D eigenvalue weighted by atomic mass is 9.96. The van der Waals surface area contributed by atoms with Crippen molar-refractivity contribution in [2.45, 2.75) is 77.7 Å². The average molecular weight is 312 g/mol. The van der Waals surface area contributed by atoms with E-state index in [0.717, 1.165) is 32.7 Å². The summed E-state index contributed by atoms with van der Waals surface area (Å²) in [6.45, 7) is 10.3. The first kappa shape index (κ1) is 19.4. The molecule has 0 bridgehead atoms. The largest absolute Gasteiger partial charge is 0.379 e. The molecule has 1 aliphatic heterocycles. The van der Waals surface area contributed by atoms with Gasteiger partial charge >= 0.3 is 0 Å². The number of ether oxygens (including phenoxy) is 1. The summed E-state index contributed by atoms with van der Waals surface area (Å²) >= 11 is 0. The van der Waals surface area contributed by atoms with Crippen LogP contribution in [0.2, 0.25) is 0 Å². The van der Waals surface area contributed by atoms with Crippen molar-refractivity contribution in [1.82, 2.24) is 10.2 Å². The normalized spacial score (nSPS) is 16.7. The second-order valence-corrected chi connectivity index (χ2v) is 7.19. The molecule has 4 nitrogen and oxygen atoms in total. The zero-order valence-corrected chi connectivity index (χ0v) is 15.0. The predicted molar refractivity (Wildman–Crippen MR) is 92.1 cm³/mol. The standard InChI is InChI=1S/C18H36N2O2/c1-4-5-6-7-8-9-10-11-18(2,3)19-17(21)16-20-12-14-22-15-13-20/h4-16H2,1-3H3,(H,19,21). The number of nitrogens with zero attached hydrogens (tertiary/aromatic N) is 1. The van der Waals surface area contributed by atoms with Crippen molar-refractivity contribution in [3.05, 3.63) is 0 Å². The number of hydrogen-bond donors (Lipinski definition) is 1. The highest BCUT2D eigenvalue weighted by molar-refractivity contribution is 5.78. The van der Waals surface area contributed by atoms with Gasteiger partial charge in [-0.25, -0.2) is 0 Å². The highest BCUT2D eigenvalue weighted by Gasteiger charge is 2.21. The van der Waals surface area contributed by atoms with Crippen LogP contribution < -0.4 is 5.32 Å². The summed E-state index contributed by atoms with van der Waals surface area (Å²) in [6, 6.07) is 0. The van der Waals surface area contributed by atoms with E-state index in [1.165, 1.54) is 44.9 Å². The molecule has 0 radical (unpaired) electrons. The molecule has 1 rings (SSSR count). The molecule has 0 unspecified atom stereocenters. The molecule has 1 amide bonds. The third-order valence-corrected chi connectivity index (χ3v) is 4.35. The Morgan fingerprint density at radius 1 is 1.05 bits per heavy atom. The molecular formula is C18H36N2O2. The molecule has 1 N–H and O–H groups in total. The fraction of sp³-hybridized carbons (Fsp3) is 0.944. The number of unbranched alkanes of at least 4 members (excludes halogenated alkanes) is 6. The molecule has 0 atom stereocenters. The van der Waals surface area contributed by atoms with Crippen LogP contribution >= 0.6 is 0 Å². The number of carbonyl (C=O) groups is 1. The molecule has 0 saturated carbocycles. The first-order valence-corrected chi connectivity index (χ1v) is 9.14. The van der Waals surface area contributed by atoms with Crippen molar-refractivity contribution < 1.29 is 9.53 Å². The zero-order valence-electron chi connectivity index (χ0n) is 15.0. The van der Waals surface area contributed by atoms with E-state index in [2.05, 4.69) is 31.0 Å². The van der Waals surface area contributed by atoms with Gasteiger partial charge in [-0.05, 0) is 20.3 Å². The Balaban J connectivity index is 2.09. The maximum absolute atomic E-state index is 12.1. The minimum atomic E-state index is -0.0905. The van der Waals surface area contributed by atoms with Gasteiger partial charge in [-0.3, -0.25) is 9.69 Å². The first-order valence-electron chi connectivity index (χ1n) is 9.14. The van der Waals surface area contributed by atoms with Crippen molar-refractivity contribution in [2.24, 2.45) is 0 Å². The van der Waals surface area contributed by atoms with Gasteiger partial charge < -0.3 is 10.1 Å². The van der Waals surface area contributed by atoms with Gasteiger partial charge in [0.25, 0.3) is 0 Å². The van der Waals surface area contributed by atoms with Gasteiger partial charge in [-0.15, -0.1) is 0 Å². The molecule has 1 heterocycles. The van der Waals surface area contributed by atoms with E-state index in [1.807, 2.05) is 0 Å². The van der Waals surface area contributed by atoms with E-state index in [4.69, 9.17) is 4.74 Å². The number of morpholine rings is 1. The molecule has 4 heteroatoms. The SMILES string of the molecule is CCCCCCCCCC(C)(C)NC(=O)CN1CCOCC1. The average Bonchev–Trinajstić information content (AvgIpc) is 2.46. The van der Waals surface area contributed by atoms with E-state index in [-0.39, 0.29) is 11.4 Å². The van der Waals surface area contributed by atoms with Gasteiger partial charge in [0.05, 0.1) is 19.8 Å². The van der Waals surface area contributed by atoms with Gasteiger partial charge in [-0.1, -0.05) is 51.9 Å². The highest BCUT2D eigenvalue weighted by Crippen LogP contribution is 2.16. The van der Waals surface area contributed by atoms with Crippen LogP contribution in [-0.4, -0.2) is 49.2 Å². The van der Waals surface area contributed by atoms with E-state index in [9.17, 15) is 4.79 Å². The molecule has 1 fully saturated rings. The van der Waals surface area contributed by atoms with Crippen LogP contribution in [-0.2, 0) is 9.53 Å². The van der Waals surface area contributed by atoms with Crippen molar-refractivity contribution >= 4 is 5.91 Å². The molecule has 1 aliphatic rings. The fourth-order valence-electron chi connectivity index (χ4n) is 2.97. The first-order chi connectivity index (χ1) is 10.5. The number of nitrogens with one attached hydrogen (secondary N) is 1. The second kappa shape index (κ2) is 11.0. The zero-order chi connectivity index (χ0) is 16.3. The van der Waals surface area contributed by atoms with Crippen LogP contribution in [0.5, 0.6) is 0 Å². The van der Waals surface area contributed by atoms with Crippen LogP contribution in [0.4, 0.5) is 0 Å². The minimum Gasteiger partial charge on any atom is -0.379 e. The van der Waals surface area contributed by atoms with E-state index in [0.29, 0.717) is 6.54 Å². The lowest BCUT2D eigenvalue weighted by Crippen LogP contribution is -2.49. The Labute approximate surface area is 137 Å². The summed E-state index contributed by atoms with van der Waals surface area (Å²) in [7, 11) is 0. The lowest BCUT2D eigenvalue weighted by molar-refractivity contribution is -0.124. The number of hydrogen-bond acceptors (Lipinski definition) is 3. The van der Waals surface area contributed by atoms with E-state index < -0.39 is 0 Å². The smallest absolute Gasteiger partial charge is 0.234 e. The number of carbonyl (C=O) groups excluding carboxylic acids is 1. The van der Waals surface area contributed by atoms with Crippen molar-refractivity contribution in [2.75, 3.05) is 32.8 Å². The summed E-state index contributed by atoms with van der Waals surface area (Å²) in [6.07, 6.45) is 10.3. The lowest BCUT2D eigenvalue weighted by Gasteiger charge is -2.30. The minimum absolute atomic E-state index is 0.0905. The van der Waals surface area contributed by atoms with E-state index in [1.54, 1.807) is 0 Å². The van der Waals surface area contributed by atoms with Gasteiger partial charge in [0.1, 0.15) is 0 Å². The van der Waals surface area contributed by atoms with Crippen molar-refractivity contribution in [3.8, 4) is 0 Å². The summed E-state index contributed by atoms with van der Waals surface area (Å²) in [4.78, 5) is 14.3. The molecule has 0 aromatic carbocycles. The van der Waals surface area contributed by atoms with Gasteiger partial charge in [0, 0.05) is 18.6 Å². The Morgan fingerprint density at radius 3 is 2.27 bits per heavy atom.